The first-order valence-electron chi connectivity index (χ1n) is 2.37. The molecule has 3 nitrogen and oxygen atoms in total. The van der Waals surface area contributed by atoms with E-state index in [2.05, 4.69) is 0 Å². The van der Waals surface area contributed by atoms with Gasteiger partial charge >= 0.3 is 0 Å². The van der Waals surface area contributed by atoms with Crippen molar-refractivity contribution < 1.29 is 4.21 Å². The fraction of sp³-hybridized carbons (Fsp3) is 1.00. The average Bonchev–Trinajstić information content (AvgIpc) is 1.67. The SMILES string of the molecule is CC(C)(CN)S(N)=O. The summed E-state index contributed by atoms with van der Waals surface area (Å²) in [5, 5.41) is 5.07. The van der Waals surface area contributed by atoms with Gasteiger partial charge in [-0.05, 0) is 13.8 Å². The van der Waals surface area contributed by atoms with Crippen molar-refractivity contribution in [2.45, 2.75) is 18.6 Å². The molecule has 1 unspecified atom stereocenters. The minimum Gasteiger partial charge on any atom is -0.329 e. The van der Waals surface area contributed by atoms with Crippen molar-refractivity contribution in [1.29, 1.82) is 0 Å². The monoisotopic (exact) mass is 136 g/mol. The summed E-state index contributed by atoms with van der Waals surface area (Å²) in [5.74, 6) is 0. The molecular formula is C4H12N2OS. The number of hydrogen-bond acceptors (Lipinski definition) is 2. The Morgan fingerprint density at radius 3 is 2.00 bits per heavy atom. The normalized spacial score (nSPS) is 16.0. The molecule has 50 valence electrons. The molecule has 0 rings (SSSR count). The molecule has 0 aromatic heterocycles. The smallest absolute Gasteiger partial charge is 0.0958 e. The first-order chi connectivity index (χ1) is 3.50. The predicted molar refractivity (Wildman–Crippen MR) is 35.5 cm³/mol. The van der Waals surface area contributed by atoms with Gasteiger partial charge in [0.1, 0.15) is 0 Å². The van der Waals surface area contributed by atoms with E-state index < -0.39 is 15.7 Å². The van der Waals surface area contributed by atoms with Gasteiger partial charge in [-0.3, -0.25) is 5.14 Å². The van der Waals surface area contributed by atoms with E-state index in [0.29, 0.717) is 6.54 Å². The van der Waals surface area contributed by atoms with E-state index in [9.17, 15) is 4.21 Å². The Morgan fingerprint density at radius 2 is 2.00 bits per heavy atom. The minimum absolute atomic E-state index is 0.357. The Balaban J connectivity index is 3.91. The quantitative estimate of drug-likeness (QED) is 0.529. The molecule has 0 aliphatic carbocycles. The van der Waals surface area contributed by atoms with Crippen LogP contribution in [-0.2, 0) is 11.0 Å². The van der Waals surface area contributed by atoms with Gasteiger partial charge in [0.2, 0.25) is 0 Å². The van der Waals surface area contributed by atoms with Gasteiger partial charge in [0.15, 0.2) is 0 Å². The van der Waals surface area contributed by atoms with Crippen molar-refractivity contribution in [3.63, 3.8) is 0 Å². The van der Waals surface area contributed by atoms with Crippen LogP contribution in [0.1, 0.15) is 13.8 Å². The summed E-state index contributed by atoms with van der Waals surface area (Å²) >= 11 is 0. The molecule has 0 spiro atoms. The molecule has 8 heavy (non-hydrogen) atoms. The summed E-state index contributed by atoms with van der Waals surface area (Å²) in [4.78, 5) is 0. The summed E-state index contributed by atoms with van der Waals surface area (Å²) < 4.78 is 10.1. The van der Waals surface area contributed by atoms with Crippen LogP contribution < -0.4 is 10.9 Å². The lowest BCUT2D eigenvalue weighted by atomic mass is 10.2. The lowest BCUT2D eigenvalue weighted by Gasteiger charge is -2.16. The highest BCUT2D eigenvalue weighted by atomic mass is 32.2. The van der Waals surface area contributed by atoms with Crippen LogP contribution in [0.3, 0.4) is 0 Å². The Morgan fingerprint density at radius 1 is 1.62 bits per heavy atom. The molecule has 0 radical (unpaired) electrons. The van der Waals surface area contributed by atoms with Gasteiger partial charge in [-0.2, -0.15) is 0 Å². The zero-order chi connectivity index (χ0) is 6.78. The first-order valence-corrected chi connectivity index (χ1v) is 3.58. The van der Waals surface area contributed by atoms with Gasteiger partial charge in [-0.1, -0.05) is 0 Å². The molecule has 4 N–H and O–H groups in total. The highest BCUT2D eigenvalue weighted by molar-refractivity contribution is 7.84. The third kappa shape index (κ3) is 1.90. The molecule has 1 atom stereocenters. The van der Waals surface area contributed by atoms with Gasteiger partial charge in [-0.15, -0.1) is 0 Å². The van der Waals surface area contributed by atoms with Crippen molar-refractivity contribution in [3.05, 3.63) is 0 Å². The largest absolute Gasteiger partial charge is 0.329 e. The Hall–Kier alpha value is 0.0700. The fourth-order valence-electron chi connectivity index (χ4n) is 0.0821. The zero-order valence-corrected chi connectivity index (χ0v) is 5.99. The minimum atomic E-state index is -1.30. The van der Waals surface area contributed by atoms with Crippen molar-refractivity contribution in [1.82, 2.24) is 0 Å². The third-order valence-corrected chi connectivity index (χ3v) is 2.29. The highest BCUT2D eigenvalue weighted by Gasteiger charge is 2.20. The van der Waals surface area contributed by atoms with E-state index in [1.807, 2.05) is 0 Å². The molecule has 0 aliphatic heterocycles. The standard InChI is InChI=1S/C4H12N2OS/c1-4(2,3-5)8(6)7/h3,5-6H2,1-2H3. The van der Waals surface area contributed by atoms with Gasteiger partial charge in [0.25, 0.3) is 0 Å². The average molecular weight is 136 g/mol. The van der Waals surface area contributed by atoms with Gasteiger partial charge in [0.05, 0.1) is 15.7 Å². The van der Waals surface area contributed by atoms with Crippen LogP contribution in [0.25, 0.3) is 0 Å². The molecule has 0 saturated carbocycles. The van der Waals surface area contributed by atoms with Gasteiger partial charge in [0, 0.05) is 6.54 Å². The number of hydrogen-bond donors (Lipinski definition) is 2. The second-order valence-corrected chi connectivity index (χ2v) is 3.96. The molecule has 0 saturated heterocycles. The lowest BCUT2D eigenvalue weighted by molar-refractivity contribution is 0.631. The topological polar surface area (TPSA) is 69.1 Å². The molecule has 4 heteroatoms. The molecular weight excluding hydrogens is 124 g/mol. The zero-order valence-electron chi connectivity index (χ0n) is 5.18. The van der Waals surface area contributed by atoms with Crippen molar-refractivity contribution in [2.75, 3.05) is 6.54 Å². The van der Waals surface area contributed by atoms with Crippen molar-refractivity contribution >= 4 is 11.0 Å². The predicted octanol–water partition coefficient (Wildman–Crippen LogP) is -0.654. The maximum Gasteiger partial charge on any atom is 0.0958 e. The second kappa shape index (κ2) is 2.57. The van der Waals surface area contributed by atoms with Gasteiger partial charge < -0.3 is 5.73 Å². The first kappa shape index (κ1) is 8.07. The van der Waals surface area contributed by atoms with E-state index in [4.69, 9.17) is 10.9 Å². The Bertz CT molecular complexity index is 102. The van der Waals surface area contributed by atoms with E-state index in [-0.39, 0.29) is 0 Å². The van der Waals surface area contributed by atoms with Crippen LogP contribution in [0.5, 0.6) is 0 Å². The van der Waals surface area contributed by atoms with Gasteiger partial charge in [-0.25, -0.2) is 4.21 Å². The van der Waals surface area contributed by atoms with Crippen molar-refractivity contribution in [2.24, 2.45) is 10.9 Å². The summed E-state index contributed by atoms with van der Waals surface area (Å²) in [7, 11) is -1.30. The molecule has 0 aromatic carbocycles. The van der Waals surface area contributed by atoms with Crippen LogP contribution in [0.2, 0.25) is 0 Å². The lowest BCUT2D eigenvalue weighted by Crippen LogP contribution is -2.39. The molecule has 0 heterocycles. The summed E-state index contributed by atoms with van der Waals surface area (Å²) in [6, 6.07) is 0. The molecule has 0 fully saturated rings. The van der Waals surface area contributed by atoms with Crippen LogP contribution in [0, 0.1) is 0 Å². The molecule has 0 bridgehead atoms. The number of rotatable bonds is 2. The molecule has 0 aromatic rings. The van der Waals surface area contributed by atoms with Crippen LogP contribution in [0.4, 0.5) is 0 Å². The maximum absolute atomic E-state index is 10.5. The Labute approximate surface area is 52.0 Å². The van der Waals surface area contributed by atoms with Crippen LogP contribution >= 0.6 is 0 Å². The van der Waals surface area contributed by atoms with E-state index in [1.54, 1.807) is 13.8 Å². The maximum atomic E-state index is 10.5. The highest BCUT2D eigenvalue weighted by Crippen LogP contribution is 2.04. The van der Waals surface area contributed by atoms with E-state index >= 15 is 0 Å². The molecule has 0 amide bonds. The summed E-state index contributed by atoms with van der Waals surface area (Å²) in [6.45, 7) is 3.89. The number of nitrogens with two attached hydrogens (primary N) is 2. The van der Waals surface area contributed by atoms with Crippen LogP contribution in [-0.4, -0.2) is 15.5 Å². The van der Waals surface area contributed by atoms with E-state index in [1.165, 1.54) is 0 Å². The van der Waals surface area contributed by atoms with Crippen molar-refractivity contribution in [3.8, 4) is 0 Å². The molecule has 0 aliphatic rings. The summed E-state index contributed by atoms with van der Waals surface area (Å²) in [5.41, 5.74) is 5.23. The second-order valence-electron chi connectivity index (χ2n) is 2.26. The fourth-order valence-corrected chi connectivity index (χ4v) is 0.246. The summed E-state index contributed by atoms with van der Waals surface area (Å²) in [6.07, 6.45) is 0. The van der Waals surface area contributed by atoms with E-state index in [0.717, 1.165) is 0 Å². The third-order valence-electron chi connectivity index (χ3n) is 1.04. The Kier molecular flexibility index (Phi) is 2.59. The van der Waals surface area contributed by atoms with Crippen LogP contribution in [0.15, 0.2) is 0 Å².